The molecular weight excluding hydrogens is 266 g/mol. The van der Waals surface area contributed by atoms with E-state index >= 15 is 0 Å². The normalized spacial score (nSPS) is 10.4. The minimum Gasteiger partial charge on any atom is -0.388 e. The summed E-state index contributed by atoms with van der Waals surface area (Å²) in [5.41, 5.74) is 6.70. The molecule has 1 nitrogen and oxygen atoms in total. The van der Waals surface area contributed by atoms with Crippen molar-refractivity contribution in [3.8, 4) is 0 Å². The van der Waals surface area contributed by atoms with Crippen molar-refractivity contribution in [2.75, 3.05) is 12.4 Å². The Balaban J connectivity index is 1.95. The zero-order valence-corrected chi connectivity index (χ0v) is 12.9. The number of benzene rings is 3. The van der Waals surface area contributed by atoms with E-state index in [1.54, 1.807) is 0 Å². The summed E-state index contributed by atoms with van der Waals surface area (Å²) < 4.78 is 0. The average Bonchev–Trinajstić information content (AvgIpc) is 2.58. The quantitative estimate of drug-likeness (QED) is 0.703. The zero-order valence-electron chi connectivity index (χ0n) is 12.9. The Morgan fingerprint density at radius 1 is 0.636 bits per heavy atom. The first kappa shape index (κ1) is 14.4. The van der Waals surface area contributed by atoms with Crippen molar-refractivity contribution in [3.63, 3.8) is 0 Å². The van der Waals surface area contributed by atoms with Crippen molar-refractivity contribution in [1.82, 2.24) is 0 Å². The largest absolute Gasteiger partial charge is 0.388 e. The van der Waals surface area contributed by atoms with Crippen LogP contribution in [0, 0.1) is 0 Å². The summed E-state index contributed by atoms with van der Waals surface area (Å²) in [7, 11) is 2.00. The molecule has 3 aromatic rings. The minimum absolute atomic E-state index is 0.958. The predicted octanol–water partition coefficient (Wildman–Crippen LogP) is 4.91. The van der Waals surface area contributed by atoms with E-state index < -0.39 is 0 Å². The molecule has 110 valence electrons. The van der Waals surface area contributed by atoms with E-state index in [0.29, 0.717) is 0 Å². The lowest BCUT2D eigenvalue weighted by atomic mass is 9.94. The average molecular weight is 287 g/mol. The minimum atomic E-state index is 0.958. The van der Waals surface area contributed by atoms with Gasteiger partial charge in [0.15, 0.2) is 0 Å². The Labute approximate surface area is 132 Å². The summed E-state index contributed by atoms with van der Waals surface area (Å²) >= 11 is 0. The van der Waals surface area contributed by atoms with Gasteiger partial charge in [-0.3, -0.25) is 0 Å². The van der Waals surface area contributed by atoms with Crippen molar-refractivity contribution in [2.24, 2.45) is 0 Å². The van der Waals surface area contributed by atoms with Crippen LogP contribution in [0.4, 0.5) is 5.69 Å². The maximum atomic E-state index is 3.34. The number of hydrogen-bond donors (Lipinski definition) is 1. The van der Waals surface area contributed by atoms with Crippen LogP contribution in [0.1, 0.15) is 22.3 Å². The third kappa shape index (κ3) is 3.37. The van der Waals surface area contributed by atoms with Crippen molar-refractivity contribution < 1.29 is 0 Å². The van der Waals surface area contributed by atoms with Gasteiger partial charge in [-0.1, -0.05) is 72.8 Å². The van der Waals surface area contributed by atoms with Crippen molar-refractivity contribution >= 4 is 5.69 Å². The second kappa shape index (κ2) is 6.95. The summed E-state index contributed by atoms with van der Waals surface area (Å²) in [5, 5.41) is 3.34. The maximum Gasteiger partial charge on any atom is 0.0376 e. The summed E-state index contributed by atoms with van der Waals surface area (Å²) in [6, 6.07) is 27.9. The third-order valence-electron chi connectivity index (χ3n) is 4.00. The first-order valence-corrected chi connectivity index (χ1v) is 7.73. The smallest absolute Gasteiger partial charge is 0.0376 e. The van der Waals surface area contributed by atoms with Gasteiger partial charge in [-0.15, -0.1) is 0 Å². The van der Waals surface area contributed by atoms with Gasteiger partial charge in [0.05, 0.1) is 0 Å². The van der Waals surface area contributed by atoms with Gasteiger partial charge in [0.2, 0.25) is 0 Å². The molecule has 0 aliphatic heterocycles. The van der Waals surface area contributed by atoms with Crippen LogP contribution >= 0.6 is 0 Å². The zero-order chi connectivity index (χ0) is 15.2. The van der Waals surface area contributed by atoms with Crippen molar-refractivity contribution in [2.45, 2.75) is 12.8 Å². The molecule has 0 atom stereocenters. The van der Waals surface area contributed by atoms with Crippen LogP contribution in [0.15, 0.2) is 78.9 Å². The van der Waals surface area contributed by atoms with Gasteiger partial charge in [0, 0.05) is 12.7 Å². The molecule has 1 heteroatoms. The molecule has 0 aliphatic carbocycles. The van der Waals surface area contributed by atoms with E-state index in [-0.39, 0.29) is 0 Å². The van der Waals surface area contributed by atoms with Gasteiger partial charge in [-0.25, -0.2) is 0 Å². The Kier molecular flexibility index (Phi) is 4.55. The summed E-state index contributed by atoms with van der Waals surface area (Å²) in [5.74, 6) is 0. The van der Waals surface area contributed by atoms with Crippen LogP contribution in [-0.4, -0.2) is 7.05 Å². The van der Waals surface area contributed by atoms with Crippen LogP contribution in [0.2, 0.25) is 0 Å². The maximum absolute atomic E-state index is 3.34. The third-order valence-corrected chi connectivity index (χ3v) is 4.00. The van der Waals surface area contributed by atoms with Gasteiger partial charge in [-0.2, -0.15) is 0 Å². The molecule has 3 rings (SSSR count). The SMILES string of the molecule is CNc1cccc(Cc2ccccc2)c1Cc1ccccc1. The first-order chi connectivity index (χ1) is 10.9. The number of anilines is 1. The summed E-state index contributed by atoms with van der Waals surface area (Å²) in [4.78, 5) is 0. The molecule has 0 aromatic heterocycles. The molecule has 0 fully saturated rings. The molecule has 0 amide bonds. The molecule has 0 spiro atoms. The molecule has 1 N–H and O–H groups in total. The van der Waals surface area contributed by atoms with Crippen LogP contribution in [0.25, 0.3) is 0 Å². The Morgan fingerprint density at radius 2 is 1.23 bits per heavy atom. The lowest BCUT2D eigenvalue weighted by Crippen LogP contribution is -2.02. The number of rotatable bonds is 5. The fourth-order valence-corrected chi connectivity index (χ4v) is 2.86. The van der Waals surface area contributed by atoms with Gasteiger partial charge in [0.1, 0.15) is 0 Å². The van der Waals surface area contributed by atoms with Crippen molar-refractivity contribution in [3.05, 3.63) is 101 Å². The highest BCUT2D eigenvalue weighted by atomic mass is 14.8. The standard InChI is InChI=1S/C21H21N/c1-22-21-14-8-13-19(15-17-9-4-2-5-10-17)20(21)16-18-11-6-3-7-12-18/h2-14,22H,15-16H2,1H3. The molecule has 22 heavy (non-hydrogen) atoms. The van der Waals surface area contributed by atoms with E-state index in [1.165, 1.54) is 27.9 Å². The van der Waals surface area contributed by atoms with Crippen molar-refractivity contribution in [1.29, 1.82) is 0 Å². The van der Waals surface area contributed by atoms with E-state index in [0.717, 1.165) is 12.8 Å². The summed E-state index contributed by atoms with van der Waals surface area (Å²) in [6.07, 6.45) is 1.93. The molecule has 0 bridgehead atoms. The molecule has 0 saturated heterocycles. The molecule has 0 radical (unpaired) electrons. The van der Waals surface area contributed by atoms with E-state index in [9.17, 15) is 0 Å². The van der Waals surface area contributed by atoms with E-state index in [4.69, 9.17) is 0 Å². The van der Waals surface area contributed by atoms with E-state index in [1.807, 2.05) is 7.05 Å². The molecule has 0 aliphatic rings. The van der Waals surface area contributed by atoms with Gasteiger partial charge in [-0.05, 0) is 41.2 Å². The fourth-order valence-electron chi connectivity index (χ4n) is 2.86. The molecule has 0 unspecified atom stereocenters. The highest BCUT2D eigenvalue weighted by molar-refractivity contribution is 5.57. The van der Waals surface area contributed by atoms with E-state index in [2.05, 4.69) is 84.2 Å². The number of hydrogen-bond acceptors (Lipinski definition) is 1. The van der Waals surface area contributed by atoms with Gasteiger partial charge >= 0.3 is 0 Å². The van der Waals surface area contributed by atoms with Crippen LogP contribution in [-0.2, 0) is 12.8 Å². The molecule has 3 aromatic carbocycles. The molecule has 0 saturated carbocycles. The fraction of sp³-hybridized carbons (Fsp3) is 0.143. The first-order valence-electron chi connectivity index (χ1n) is 7.73. The molecule has 0 heterocycles. The van der Waals surface area contributed by atoms with Crippen LogP contribution < -0.4 is 5.32 Å². The lowest BCUT2D eigenvalue weighted by molar-refractivity contribution is 1.09. The lowest BCUT2D eigenvalue weighted by Gasteiger charge is -2.15. The summed E-state index contributed by atoms with van der Waals surface area (Å²) in [6.45, 7) is 0. The Morgan fingerprint density at radius 3 is 1.82 bits per heavy atom. The van der Waals surface area contributed by atoms with Crippen LogP contribution in [0.3, 0.4) is 0 Å². The topological polar surface area (TPSA) is 12.0 Å². The molecular formula is C21H21N. The van der Waals surface area contributed by atoms with Gasteiger partial charge < -0.3 is 5.32 Å². The predicted molar refractivity (Wildman–Crippen MR) is 94.5 cm³/mol. The highest BCUT2D eigenvalue weighted by Gasteiger charge is 2.09. The Hall–Kier alpha value is -2.54. The Bertz CT molecular complexity index is 717. The highest BCUT2D eigenvalue weighted by Crippen LogP contribution is 2.25. The monoisotopic (exact) mass is 287 g/mol. The second-order valence-corrected chi connectivity index (χ2v) is 5.52. The second-order valence-electron chi connectivity index (χ2n) is 5.52. The van der Waals surface area contributed by atoms with Crippen LogP contribution in [0.5, 0.6) is 0 Å². The number of nitrogens with one attached hydrogen (secondary N) is 1. The van der Waals surface area contributed by atoms with Gasteiger partial charge in [0.25, 0.3) is 0 Å².